The number of aromatic nitrogens is 1. The van der Waals surface area contributed by atoms with Gasteiger partial charge in [-0.2, -0.15) is 0 Å². The molecule has 29 heavy (non-hydrogen) atoms. The van der Waals surface area contributed by atoms with Gasteiger partial charge in [0.05, 0.1) is 24.4 Å². The predicted octanol–water partition coefficient (Wildman–Crippen LogP) is 6.93. The largest absolute Gasteiger partial charge is 0.376 e. The van der Waals surface area contributed by atoms with E-state index in [2.05, 4.69) is 48.5 Å². The van der Waals surface area contributed by atoms with Gasteiger partial charge in [-0.15, -0.1) is 0 Å². The molecule has 0 fully saturated rings. The van der Waals surface area contributed by atoms with Crippen molar-refractivity contribution in [1.29, 1.82) is 0 Å². The summed E-state index contributed by atoms with van der Waals surface area (Å²) in [5, 5.41) is 7.00. The van der Waals surface area contributed by atoms with E-state index >= 15 is 0 Å². The molecule has 0 radical (unpaired) electrons. The molecule has 0 spiro atoms. The molecule has 0 saturated carbocycles. The highest BCUT2D eigenvalue weighted by Crippen LogP contribution is 2.39. The Bertz CT molecular complexity index is 1420. The van der Waals surface area contributed by atoms with Gasteiger partial charge >= 0.3 is 0 Å². The average Bonchev–Trinajstić information content (AvgIpc) is 2.77. The molecule has 3 heteroatoms. The number of pyridine rings is 1. The van der Waals surface area contributed by atoms with Crippen LogP contribution in [0.15, 0.2) is 72.8 Å². The number of benzene rings is 4. The Balaban J connectivity index is 1.75. The summed E-state index contributed by atoms with van der Waals surface area (Å²) in [5.74, 6) is 0. The number of halogens is 1. The molecule has 0 atom stereocenters. The van der Waals surface area contributed by atoms with Crippen molar-refractivity contribution in [3.63, 3.8) is 0 Å². The van der Waals surface area contributed by atoms with E-state index in [0.29, 0.717) is 6.61 Å². The number of fused-ring (bicyclic) bond motifs is 6. The van der Waals surface area contributed by atoms with Gasteiger partial charge in [0.2, 0.25) is 0 Å². The van der Waals surface area contributed by atoms with Gasteiger partial charge in [0.25, 0.3) is 0 Å². The predicted molar refractivity (Wildman–Crippen MR) is 121 cm³/mol. The molecule has 5 aromatic rings. The maximum Gasteiger partial charge on any atom is 0.0782 e. The number of ether oxygens (including phenoxy) is 1. The fourth-order valence-corrected chi connectivity index (χ4v) is 4.78. The van der Waals surface area contributed by atoms with Crippen molar-refractivity contribution in [2.45, 2.75) is 13.0 Å². The SMILES string of the molecule is Clc1ccccc1-c1nc2ccc3cc4ccccc4cc3c2c2c1COCC2. The monoisotopic (exact) mass is 395 g/mol. The summed E-state index contributed by atoms with van der Waals surface area (Å²) < 4.78 is 5.85. The van der Waals surface area contributed by atoms with Crippen molar-refractivity contribution in [3.05, 3.63) is 88.9 Å². The van der Waals surface area contributed by atoms with Gasteiger partial charge in [0.1, 0.15) is 0 Å². The summed E-state index contributed by atoms with van der Waals surface area (Å²) in [6.45, 7) is 1.31. The third-order valence-electron chi connectivity index (χ3n) is 5.92. The molecule has 1 aliphatic heterocycles. The summed E-state index contributed by atoms with van der Waals surface area (Å²) in [4.78, 5) is 5.09. The van der Waals surface area contributed by atoms with Crippen molar-refractivity contribution in [1.82, 2.24) is 4.98 Å². The molecule has 140 valence electrons. The van der Waals surface area contributed by atoms with E-state index in [-0.39, 0.29) is 0 Å². The van der Waals surface area contributed by atoms with Gasteiger partial charge in [-0.3, -0.25) is 0 Å². The zero-order valence-corrected chi connectivity index (χ0v) is 16.5. The maximum atomic E-state index is 6.53. The normalized spacial score (nSPS) is 13.8. The highest BCUT2D eigenvalue weighted by Gasteiger charge is 2.22. The lowest BCUT2D eigenvalue weighted by Gasteiger charge is -2.23. The highest BCUT2D eigenvalue weighted by molar-refractivity contribution is 6.33. The van der Waals surface area contributed by atoms with E-state index < -0.39 is 0 Å². The lowest BCUT2D eigenvalue weighted by atomic mass is 9.90. The van der Waals surface area contributed by atoms with E-state index in [0.717, 1.165) is 40.4 Å². The minimum absolute atomic E-state index is 0.572. The van der Waals surface area contributed by atoms with Crippen molar-refractivity contribution in [3.8, 4) is 11.3 Å². The molecule has 0 saturated heterocycles. The third kappa shape index (κ3) is 2.64. The quantitative estimate of drug-likeness (QED) is 0.226. The van der Waals surface area contributed by atoms with Crippen molar-refractivity contribution >= 4 is 44.0 Å². The van der Waals surface area contributed by atoms with Crippen LogP contribution in [0.25, 0.3) is 43.7 Å². The molecule has 2 nitrogen and oxygen atoms in total. The van der Waals surface area contributed by atoms with E-state index in [1.165, 1.54) is 32.5 Å². The zero-order chi connectivity index (χ0) is 19.4. The second-order valence-corrected chi connectivity index (χ2v) is 7.99. The van der Waals surface area contributed by atoms with Crippen LogP contribution in [0.1, 0.15) is 11.1 Å². The fourth-order valence-electron chi connectivity index (χ4n) is 4.55. The molecule has 0 aliphatic carbocycles. The Hall–Kier alpha value is -2.94. The minimum atomic E-state index is 0.572. The second-order valence-electron chi connectivity index (χ2n) is 7.58. The number of rotatable bonds is 1. The van der Waals surface area contributed by atoms with Crippen LogP contribution in [0.5, 0.6) is 0 Å². The fraction of sp³-hybridized carbons (Fsp3) is 0.115. The second kappa shape index (κ2) is 6.55. The Morgan fingerprint density at radius 1 is 0.793 bits per heavy atom. The van der Waals surface area contributed by atoms with E-state index in [1.54, 1.807) is 0 Å². The molecule has 2 heterocycles. The Kier molecular flexibility index (Phi) is 3.83. The van der Waals surface area contributed by atoms with Crippen molar-refractivity contribution in [2.75, 3.05) is 6.61 Å². The third-order valence-corrected chi connectivity index (χ3v) is 6.25. The molecule has 0 bridgehead atoms. The molecular weight excluding hydrogens is 378 g/mol. The smallest absolute Gasteiger partial charge is 0.0782 e. The van der Waals surface area contributed by atoms with Gasteiger partial charge in [0, 0.05) is 21.5 Å². The van der Waals surface area contributed by atoms with Gasteiger partial charge in [-0.1, -0.05) is 60.1 Å². The summed E-state index contributed by atoms with van der Waals surface area (Å²) >= 11 is 6.53. The lowest BCUT2D eigenvalue weighted by Crippen LogP contribution is -2.13. The first-order chi connectivity index (χ1) is 14.3. The van der Waals surface area contributed by atoms with Crippen LogP contribution < -0.4 is 0 Å². The first kappa shape index (κ1) is 17.0. The first-order valence-electron chi connectivity index (χ1n) is 9.89. The van der Waals surface area contributed by atoms with Crippen LogP contribution in [0.4, 0.5) is 0 Å². The number of hydrogen-bond donors (Lipinski definition) is 0. The Morgan fingerprint density at radius 2 is 1.59 bits per heavy atom. The highest BCUT2D eigenvalue weighted by atomic mass is 35.5. The lowest BCUT2D eigenvalue weighted by molar-refractivity contribution is 0.111. The molecule has 1 aliphatic rings. The first-order valence-corrected chi connectivity index (χ1v) is 10.3. The molecule has 0 unspecified atom stereocenters. The van der Waals surface area contributed by atoms with Crippen molar-refractivity contribution in [2.24, 2.45) is 0 Å². The van der Waals surface area contributed by atoms with Crippen LogP contribution in [0.2, 0.25) is 5.02 Å². The van der Waals surface area contributed by atoms with Gasteiger partial charge < -0.3 is 4.74 Å². The maximum absolute atomic E-state index is 6.53. The Labute approximate surface area is 173 Å². The van der Waals surface area contributed by atoms with Crippen LogP contribution in [0, 0.1) is 0 Å². The van der Waals surface area contributed by atoms with Gasteiger partial charge in [-0.25, -0.2) is 4.98 Å². The molecule has 0 amide bonds. The molecule has 0 N–H and O–H groups in total. The summed E-state index contributed by atoms with van der Waals surface area (Å²) in [5.41, 5.74) is 5.44. The van der Waals surface area contributed by atoms with E-state index in [4.69, 9.17) is 21.3 Å². The number of hydrogen-bond acceptors (Lipinski definition) is 2. The number of nitrogens with zero attached hydrogens (tertiary/aromatic N) is 1. The molecule has 6 rings (SSSR count). The van der Waals surface area contributed by atoms with Crippen molar-refractivity contribution < 1.29 is 4.74 Å². The molecule has 1 aromatic heterocycles. The topological polar surface area (TPSA) is 22.1 Å². The van der Waals surface area contributed by atoms with Gasteiger partial charge in [0.15, 0.2) is 0 Å². The van der Waals surface area contributed by atoms with Crippen LogP contribution in [-0.4, -0.2) is 11.6 Å². The van der Waals surface area contributed by atoms with Crippen LogP contribution in [0.3, 0.4) is 0 Å². The standard InChI is InChI=1S/C26H18ClNO/c27-23-8-4-3-7-20(23)26-22-15-29-12-11-19(22)25-21-14-17-6-2-1-5-16(17)13-18(21)9-10-24(25)28-26/h1-10,13-14H,11-12,15H2. The summed E-state index contributed by atoms with van der Waals surface area (Å²) in [6.07, 6.45) is 0.887. The molecule has 4 aromatic carbocycles. The molecular formula is C26H18ClNO. The zero-order valence-electron chi connectivity index (χ0n) is 15.8. The van der Waals surface area contributed by atoms with Gasteiger partial charge in [-0.05, 0) is 57.8 Å². The average molecular weight is 396 g/mol. The summed E-state index contributed by atoms with van der Waals surface area (Å²) in [7, 11) is 0. The van der Waals surface area contributed by atoms with E-state index in [9.17, 15) is 0 Å². The van der Waals surface area contributed by atoms with Crippen LogP contribution in [-0.2, 0) is 17.8 Å². The van der Waals surface area contributed by atoms with E-state index in [1.807, 2.05) is 24.3 Å². The summed E-state index contributed by atoms with van der Waals surface area (Å²) in [6, 6.07) is 25.4. The minimum Gasteiger partial charge on any atom is -0.376 e. The Morgan fingerprint density at radius 3 is 2.45 bits per heavy atom. The van der Waals surface area contributed by atoms with Crippen LogP contribution >= 0.6 is 11.6 Å².